The molecule has 0 spiro atoms. The lowest BCUT2D eigenvalue weighted by atomic mass is 9.33. The van der Waals surface area contributed by atoms with E-state index in [4.69, 9.17) is 5.11 Å². The van der Waals surface area contributed by atoms with E-state index in [0.29, 0.717) is 37.1 Å². The molecule has 0 aliphatic heterocycles. The van der Waals surface area contributed by atoms with Crippen LogP contribution in [0.4, 0.5) is 0 Å². The van der Waals surface area contributed by atoms with Crippen molar-refractivity contribution in [2.45, 2.75) is 197 Å². The van der Waals surface area contributed by atoms with Gasteiger partial charge in [0, 0.05) is 18.4 Å². The fraction of sp³-hybridized carbons (Fsp3) is 0.894. The zero-order valence-electron chi connectivity index (χ0n) is 36.5. The third kappa shape index (κ3) is 8.08. The Morgan fingerprint density at radius 1 is 0.855 bits per heavy atom. The van der Waals surface area contributed by atoms with Crippen molar-refractivity contribution in [2.75, 3.05) is 6.54 Å². The van der Waals surface area contributed by atoms with Crippen LogP contribution in [-0.4, -0.2) is 57.9 Å². The molecule has 5 N–H and O–H groups in total. The summed E-state index contributed by atoms with van der Waals surface area (Å²) in [6.07, 6.45) is 16.5. The molecule has 0 unspecified atom stereocenters. The molecule has 8 heteroatoms. The second-order valence-electron chi connectivity index (χ2n) is 21.8. The second-order valence-corrected chi connectivity index (χ2v) is 21.8. The summed E-state index contributed by atoms with van der Waals surface area (Å²) in [7, 11) is 0. The van der Waals surface area contributed by atoms with E-state index in [-0.39, 0.29) is 63.2 Å². The van der Waals surface area contributed by atoms with Gasteiger partial charge in [-0.1, -0.05) is 100 Å². The minimum Gasteiger partial charge on any atom is -0.481 e. The molecule has 0 saturated heterocycles. The van der Waals surface area contributed by atoms with Crippen LogP contribution in [0.3, 0.4) is 0 Å². The molecular formula is C47H80N2O6. The van der Waals surface area contributed by atoms with E-state index in [1.54, 1.807) is 5.57 Å². The summed E-state index contributed by atoms with van der Waals surface area (Å²) in [6.45, 7) is 24.3. The van der Waals surface area contributed by atoms with Crippen LogP contribution >= 0.6 is 0 Å². The van der Waals surface area contributed by atoms with Crippen molar-refractivity contribution in [3.8, 4) is 0 Å². The van der Waals surface area contributed by atoms with Crippen LogP contribution in [0.15, 0.2) is 11.6 Å². The molecule has 0 heterocycles. The zero-order chi connectivity index (χ0) is 40.8. The molecule has 55 heavy (non-hydrogen) atoms. The van der Waals surface area contributed by atoms with Gasteiger partial charge in [0.05, 0.1) is 24.7 Å². The van der Waals surface area contributed by atoms with Gasteiger partial charge < -0.3 is 26.0 Å². The first-order valence-corrected chi connectivity index (χ1v) is 22.4. The van der Waals surface area contributed by atoms with Gasteiger partial charge in [0.2, 0.25) is 11.8 Å². The Morgan fingerprint density at radius 2 is 1.51 bits per heavy atom. The number of fused-ring (bicyclic) bond motifs is 7. The summed E-state index contributed by atoms with van der Waals surface area (Å²) >= 11 is 0. The monoisotopic (exact) mass is 769 g/mol. The topological polar surface area (TPSA) is 136 Å². The number of carboxylic acids is 1. The second kappa shape index (κ2) is 16.4. The third-order valence-electron chi connectivity index (χ3n) is 17.8. The van der Waals surface area contributed by atoms with Crippen LogP contribution in [0.25, 0.3) is 0 Å². The van der Waals surface area contributed by atoms with E-state index >= 15 is 0 Å². The molecular weight excluding hydrogens is 689 g/mol. The Bertz CT molecular complexity index is 1440. The number of aliphatic hydroxyl groups excluding tert-OH is 2. The van der Waals surface area contributed by atoms with Gasteiger partial charge in [0.25, 0.3) is 0 Å². The highest BCUT2D eigenvalue weighted by molar-refractivity contribution is 5.83. The highest BCUT2D eigenvalue weighted by Crippen LogP contribution is 2.76. The summed E-state index contributed by atoms with van der Waals surface area (Å²) in [5, 5.41) is 36.7. The van der Waals surface area contributed by atoms with E-state index in [2.05, 4.69) is 72.1 Å². The molecule has 4 fully saturated rings. The van der Waals surface area contributed by atoms with Gasteiger partial charge in [-0.2, -0.15) is 0 Å². The van der Waals surface area contributed by atoms with E-state index < -0.39 is 23.5 Å². The molecule has 4 saturated carbocycles. The number of amides is 2. The molecule has 5 aliphatic rings. The third-order valence-corrected chi connectivity index (χ3v) is 17.8. The van der Waals surface area contributed by atoms with Gasteiger partial charge in [0.15, 0.2) is 0 Å². The van der Waals surface area contributed by atoms with Crippen molar-refractivity contribution >= 4 is 17.8 Å². The first-order chi connectivity index (χ1) is 25.6. The van der Waals surface area contributed by atoms with Crippen molar-refractivity contribution in [3.05, 3.63) is 11.6 Å². The summed E-state index contributed by atoms with van der Waals surface area (Å²) < 4.78 is 0. The van der Waals surface area contributed by atoms with Crippen molar-refractivity contribution in [3.63, 3.8) is 0 Å². The van der Waals surface area contributed by atoms with Crippen LogP contribution in [0, 0.1) is 62.1 Å². The van der Waals surface area contributed by atoms with E-state index in [0.717, 1.165) is 64.2 Å². The molecule has 8 nitrogen and oxygen atoms in total. The number of allylic oxidation sites excluding steroid dienone is 2. The van der Waals surface area contributed by atoms with Crippen molar-refractivity contribution < 1.29 is 29.7 Å². The van der Waals surface area contributed by atoms with Crippen LogP contribution in [0.1, 0.15) is 178 Å². The first kappa shape index (κ1) is 44.2. The minimum atomic E-state index is -1.10. The van der Waals surface area contributed by atoms with Gasteiger partial charge >= 0.3 is 5.97 Å². The average molecular weight is 769 g/mol. The van der Waals surface area contributed by atoms with Crippen molar-refractivity contribution in [1.29, 1.82) is 0 Å². The molecule has 0 aromatic carbocycles. The molecule has 0 bridgehead atoms. The van der Waals surface area contributed by atoms with Gasteiger partial charge in [-0.3, -0.25) is 14.4 Å². The number of hydrogen-bond donors (Lipinski definition) is 5. The number of aliphatic hydroxyl groups is 2. The van der Waals surface area contributed by atoms with Crippen LogP contribution in [0.2, 0.25) is 0 Å². The Labute approximate surface area is 334 Å². The molecule has 0 aromatic rings. The number of rotatable bonds is 15. The smallest absolute Gasteiger partial charge is 0.306 e. The highest BCUT2D eigenvalue weighted by Gasteiger charge is 2.69. The number of carboxylic acid groups (broad SMARTS) is 1. The van der Waals surface area contributed by atoms with E-state index in [9.17, 15) is 24.6 Å². The highest BCUT2D eigenvalue weighted by atomic mass is 16.4. The van der Waals surface area contributed by atoms with E-state index in [1.807, 2.05) is 13.8 Å². The van der Waals surface area contributed by atoms with Crippen LogP contribution < -0.4 is 10.6 Å². The lowest BCUT2D eigenvalue weighted by molar-refractivity contribution is -0.205. The predicted molar refractivity (Wildman–Crippen MR) is 220 cm³/mol. The number of carbonyl (C=O) groups excluding carboxylic acids is 2. The summed E-state index contributed by atoms with van der Waals surface area (Å²) in [5.41, 5.74) is 1.99. The molecule has 2 amide bonds. The van der Waals surface area contributed by atoms with E-state index in [1.165, 1.54) is 25.7 Å². The normalized spacial score (nSPS) is 40.4. The van der Waals surface area contributed by atoms with Crippen molar-refractivity contribution in [2.24, 2.45) is 62.1 Å². The maximum absolute atomic E-state index is 14.2. The number of aliphatic carboxylic acids is 1. The van der Waals surface area contributed by atoms with Gasteiger partial charge in [-0.15, -0.1) is 0 Å². The SMILES string of the molecule is CC(C)C[C@H](NC(=O)CCCCCCCNC(=O)[C@@]1(C)CC[C@]2(C)CC[C@]3(C)C(=CC[C@@H]4[C@@]5(C)CC[C@H](O)C(C)(C)[C@@H]5CC[C@]43C)[C@@H]2[C@H]1C)[C@@H](O)CC(=O)O. The predicted octanol–water partition coefficient (Wildman–Crippen LogP) is 9.22. The fourth-order valence-corrected chi connectivity index (χ4v) is 13.9. The first-order valence-electron chi connectivity index (χ1n) is 22.4. The lowest BCUT2D eigenvalue weighted by Gasteiger charge is -2.72. The standard InChI is InChI=1S/C47H80N2O6/c1-30(2)28-33(34(50)29-39(53)54)49-38(52)16-14-12-11-13-15-27-48-41(55)44(7)25-23-43(6)24-26-46(9)32(40(43)31(44)3)17-18-36-45(8)21-20-37(51)42(4,5)35(45)19-22-47(36,46)10/h17,30-31,33-37,40,50-51H,11-16,18-29H2,1-10H3,(H,48,55)(H,49,52)(H,53,54)/t31-,33+,34+,35+,36-,37+,40+,43-,44+,45+,46-,47-/m1/s1. The largest absolute Gasteiger partial charge is 0.481 e. The number of nitrogens with one attached hydrogen (secondary N) is 2. The maximum Gasteiger partial charge on any atom is 0.306 e. The number of carbonyl (C=O) groups is 3. The molecule has 5 aliphatic carbocycles. The van der Waals surface area contributed by atoms with Crippen LogP contribution in [-0.2, 0) is 14.4 Å². The summed E-state index contributed by atoms with van der Waals surface area (Å²) in [4.78, 5) is 37.8. The van der Waals surface area contributed by atoms with Gasteiger partial charge in [0.1, 0.15) is 0 Å². The van der Waals surface area contributed by atoms with Crippen molar-refractivity contribution in [1.82, 2.24) is 10.6 Å². The maximum atomic E-state index is 14.2. The molecule has 5 rings (SSSR count). The Balaban J connectivity index is 1.15. The summed E-state index contributed by atoms with van der Waals surface area (Å²) in [6, 6.07) is -0.554. The molecule has 0 radical (unpaired) electrons. The molecule has 0 aromatic heterocycles. The quantitative estimate of drug-likeness (QED) is 0.0833. The van der Waals surface area contributed by atoms with Gasteiger partial charge in [-0.05, 0) is 134 Å². The van der Waals surface area contributed by atoms with Gasteiger partial charge in [-0.25, -0.2) is 0 Å². The fourth-order valence-electron chi connectivity index (χ4n) is 13.9. The minimum absolute atomic E-state index is 0.0503. The Morgan fingerprint density at radius 3 is 2.18 bits per heavy atom. The molecule has 12 atom stereocenters. The number of unbranched alkanes of at least 4 members (excludes halogenated alkanes) is 4. The lowest BCUT2D eigenvalue weighted by Crippen LogP contribution is -2.65. The molecule has 314 valence electrons. The average Bonchev–Trinajstić information content (AvgIpc) is 3.09. The van der Waals surface area contributed by atoms with Crippen LogP contribution in [0.5, 0.6) is 0 Å². The Hall–Kier alpha value is -1.93. The summed E-state index contributed by atoms with van der Waals surface area (Å²) in [5.74, 6) is 1.04. The zero-order valence-corrected chi connectivity index (χ0v) is 36.5. The number of hydrogen-bond acceptors (Lipinski definition) is 5. The Kier molecular flexibility index (Phi) is 13.2.